The van der Waals surface area contributed by atoms with Gasteiger partial charge in [-0.1, -0.05) is 6.92 Å². The van der Waals surface area contributed by atoms with E-state index in [2.05, 4.69) is 12.2 Å². The highest BCUT2D eigenvalue weighted by atomic mass is 32.2. The third kappa shape index (κ3) is 1.97. The molecule has 1 atom stereocenters. The highest BCUT2D eigenvalue weighted by molar-refractivity contribution is 7.99. The number of hydrogen-bond acceptors (Lipinski definition) is 2. The maximum Gasteiger partial charge on any atom is 0.124 e. The highest BCUT2D eigenvalue weighted by Crippen LogP contribution is 2.32. The molecule has 1 heterocycles. The molecule has 0 bridgehead atoms. The average molecular weight is 197 g/mol. The summed E-state index contributed by atoms with van der Waals surface area (Å²) in [6.07, 6.45) is 0. The lowest BCUT2D eigenvalue weighted by Crippen LogP contribution is -2.10. The van der Waals surface area contributed by atoms with Gasteiger partial charge in [0.1, 0.15) is 5.82 Å². The molecule has 0 saturated carbocycles. The molecule has 1 aromatic rings. The van der Waals surface area contributed by atoms with Crippen molar-refractivity contribution in [2.24, 2.45) is 5.92 Å². The van der Waals surface area contributed by atoms with E-state index in [1.807, 2.05) is 6.07 Å². The Kier molecular flexibility index (Phi) is 2.44. The lowest BCUT2D eigenvalue weighted by Gasteiger charge is -2.06. The fraction of sp³-hybridized carbons (Fsp3) is 0.400. The topological polar surface area (TPSA) is 12.0 Å². The van der Waals surface area contributed by atoms with E-state index in [-0.39, 0.29) is 5.82 Å². The van der Waals surface area contributed by atoms with Gasteiger partial charge in [-0.2, -0.15) is 0 Å². The minimum atomic E-state index is -0.150. The second kappa shape index (κ2) is 3.58. The van der Waals surface area contributed by atoms with Crippen LogP contribution in [0.3, 0.4) is 0 Å². The van der Waals surface area contributed by atoms with Gasteiger partial charge >= 0.3 is 0 Å². The zero-order valence-electron chi connectivity index (χ0n) is 7.51. The molecular formula is C10H12FNS. The summed E-state index contributed by atoms with van der Waals surface area (Å²) in [5.74, 6) is 1.55. The summed E-state index contributed by atoms with van der Waals surface area (Å²) in [5.41, 5.74) is 1.07. The minimum Gasteiger partial charge on any atom is -0.384 e. The first-order valence-corrected chi connectivity index (χ1v) is 5.40. The Labute approximate surface area is 81.7 Å². The van der Waals surface area contributed by atoms with E-state index in [4.69, 9.17) is 0 Å². The summed E-state index contributed by atoms with van der Waals surface area (Å²) >= 11 is 1.73. The van der Waals surface area contributed by atoms with E-state index < -0.39 is 0 Å². The van der Waals surface area contributed by atoms with Crippen LogP contribution in [-0.2, 0) is 0 Å². The smallest absolute Gasteiger partial charge is 0.124 e. The number of thioether (sulfide) groups is 1. The van der Waals surface area contributed by atoms with E-state index in [1.165, 1.54) is 6.07 Å². The predicted octanol–water partition coefficient (Wildman–Crippen LogP) is 2.98. The summed E-state index contributed by atoms with van der Waals surface area (Å²) in [7, 11) is 0. The second-order valence-corrected chi connectivity index (χ2v) is 4.50. The Morgan fingerprint density at radius 3 is 3.23 bits per heavy atom. The Morgan fingerprint density at radius 2 is 2.38 bits per heavy atom. The summed E-state index contributed by atoms with van der Waals surface area (Å²) < 4.78 is 12.9. The van der Waals surface area contributed by atoms with Gasteiger partial charge in [0.2, 0.25) is 0 Å². The summed E-state index contributed by atoms with van der Waals surface area (Å²) in [6.45, 7) is 3.17. The molecule has 0 spiro atoms. The second-order valence-electron chi connectivity index (χ2n) is 3.44. The van der Waals surface area contributed by atoms with Crippen LogP contribution in [-0.4, -0.2) is 12.3 Å². The number of nitrogens with one attached hydrogen (secondary N) is 1. The van der Waals surface area contributed by atoms with Gasteiger partial charge in [-0.15, -0.1) is 11.8 Å². The third-order valence-corrected chi connectivity index (χ3v) is 3.49. The van der Waals surface area contributed by atoms with Gasteiger partial charge in [0, 0.05) is 22.9 Å². The number of halogens is 1. The number of hydrogen-bond donors (Lipinski definition) is 1. The Bertz CT molecular complexity index is 314. The quantitative estimate of drug-likeness (QED) is 0.686. The molecule has 0 aliphatic carbocycles. The summed E-state index contributed by atoms with van der Waals surface area (Å²) in [4.78, 5) is 1.03. The van der Waals surface area contributed by atoms with Crippen LogP contribution in [0, 0.1) is 11.7 Å². The molecule has 1 N–H and O–H groups in total. The Hall–Kier alpha value is -0.700. The zero-order chi connectivity index (χ0) is 9.26. The van der Waals surface area contributed by atoms with Crippen molar-refractivity contribution < 1.29 is 4.39 Å². The van der Waals surface area contributed by atoms with Crippen molar-refractivity contribution in [3.05, 3.63) is 24.0 Å². The third-order valence-electron chi connectivity index (χ3n) is 2.11. The van der Waals surface area contributed by atoms with Gasteiger partial charge in [0.05, 0.1) is 0 Å². The molecule has 1 aliphatic heterocycles. The fourth-order valence-corrected chi connectivity index (χ4v) is 2.41. The Balaban J connectivity index is 2.30. The van der Waals surface area contributed by atoms with Crippen LogP contribution in [0.2, 0.25) is 0 Å². The molecule has 0 radical (unpaired) electrons. The predicted molar refractivity (Wildman–Crippen MR) is 54.8 cm³/mol. The minimum absolute atomic E-state index is 0.150. The van der Waals surface area contributed by atoms with E-state index in [9.17, 15) is 4.39 Å². The molecule has 0 fully saturated rings. The van der Waals surface area contributed by atoms with Crippen LogP contribution in [0.1, 0.15) is 6.92 Å². The number of benzene rings is 1. The van der Waals surface area contributed by atoms with Crippen LogP contribution in [0.25, 0.3) is 0 Å². The van der Waals surface area contributed by atoms with Crippen molar-refractivity contribution in [2.75, 3.05) is 17.6 Å². The van der Waals surface area contributed by atoms with Crippen molar-refractivity contribution in [1.82, 2.24) is 0 Å². The fourth-order valence-electron chi connectivity index (χ4n) is 1.34. The SMILES string of the molecule is CC1CNc2ccc(F)cc2SC1. The van der Waals surface area contributed by atoms with Crippen LogP contribution >= 0.6 is 11.8 Å². The van der Waals surface area contributed by atoms with Gasteiger partial charge < -0.3 is 5.32 Å². The summed E-state index contributed by atoms with van der Waals surface area (Å²) in [6, 6.07) is 4.92. The highest BCUT2D eigenvalue weighted by Gasteiger charge is 2.12. The molecule has 0 aromatic heterocycles. The van der Waals surface area contributed by atoms with E-state index in [0.717, 1.165) is 22.9 Å². The normalized spacial score (nSPS) is 21.5. The first-order valence-electron chi connectivity index (χ1n) is 4.42. The average Bonchev–Trinajstić information content (AvgIpc) is 2.29. The molecule has 1 aromatic carbocycles. The molecule has 1 aliphatic rings. The maximum absolute atomic E-state index is 12.9. The van der Waals surface area contributed by atoms with Gasteiger partial charge in [0.15, 0.2) is 0 Å². The van der Waals surface area contributed by atoms with Crippen molar-refractivity contribution in [1.29, 1.82) is 0 Å². The van der Waals surface area contributed by atoms with Crippen molar-refractivity contribution in [3.63, 3.8) is 0 Å². The molecule has 3 heteroatoms. The monoisotopic (exact) mass is 197 g/mol. The van der Waals surface area contributed by atoms with Crippen molar-refractivity contribution >= 4 is 17.4 Å². The molecule has 2 rings (SSSR count). The standard InChI is InChI=1S/C10H12FNS/c1-7-5-12-9-3-2-8(11)4-10(9)13-6-7/h2-4,7,12H,5-6H2,1H3. The molecule has 70 valence electrons. The van der Waals surface area contributed by atoms with Gasteiger partial charge in [-0.3, -0.25) is 0 Å². The van der Waals surface area contributed by atoms with Gasteiger partial charge in [-0.25, -0.2) is 4.39 Å². The lowest BCUT2D eigenvalue weighted by atomic mass is 10.2. The van der Waals surface area contributed by atoms with Gasteiger partial charge in [-0.05, 0) is 24.1 Å². The Morgan fingerprint density at radius 1 is 1.54 bits per heavy atom. The lowest BCUT2D eigenvalue weighted by molar-refractivity contribution is 0.624. The molecule has 0 saturated heterocycles. The van der Waals surface area contributed by atoms with Crippen LogP contribution in [0.15, 0.2) is 23.1 Å². The number of fused-ring (bicyclic) bond motifs is 1. The van der Waals surface area contributed by atoms with Crippen molar-refractivity contribution in [3.8, 4) is 0 Å². The molecular weight excluding hydrogens is 185 g/mol. The van der Waals surface area contributed by atoms with Crippen LogP contribution < -0.4 is 5.32 Å². The maximum atomic E-state index is 12.9. The number of rotatable bonds is 0. The molecule has 1 nitrogen and oxygen atoms in total. The first kappa shape index (κ1) is 8.88. The molecule has 13 heavy (non-hydrogen) atoms. The number of anilines is 1. The van der Waals surface area contributed by atoms with Crippen molar-refractivity contribution in [2.45, 2.75) is 11.8 Å². The zero-order valence-corrected chi connectivity index (χ0v) is 8.33. The van der Waals surface area contributed by atoms with E-state index in [0.29, 0.717) is 5.92 Å². The summed E-state index contributed by atoms with van der Waals surface area (Å²) in [5, 5.41) is 3.31. The first-order chi connectivity index (χ1) is 6.25. The van der Waals surface area contributed by atoms with E-state index in [1.54, 1.807) is 17.8 Å². The van der Waals surface area contributed by atoms with Gasteiger partial charge in [0.25, 0.3) is 0 Å². The molecule has 0 amide bonds. The largest absolute Gasteiger partial charge is 0.384 e. The van der Waals surface area contributed by atoms with Crippen LogP contribution in [0.4, 0.5) is 10.1 Å². The molecule has 1 unspecified atom stereocenters. The van der Waals surface area contributed by atoms with E-state index >= 15 is 0 Å². The van der Waals surface area contributed by atoms with Crippen LogP contribution in [0.5, 0.6) is 0 Å².